The van der Waals surface area contributed by atoms with Crippen LogP contribution in [-0.4, -0.2) is 21.0 Å². The van der Waals surface area contributed by atoms with Gasteiger partial charge in [0.1, 0.15) is 5.52 Å². The van der Waals surface area contributed by atoms with Crippen molar-refractivity contribution in [2.75, 3.05) is 0 Å². The number of carboxylic acids is 1. The van der Waals surface area contributed by atoms with Crippen LogP contribution in [0.2, 0.25) is 0 Å². The Kier molecular flexibility index (Phi) is 2.38. The average Bonchev–Trinajstić information content (AvgIpc) is 2.59. The van der Waals surface area contributed by atoms with Crippen molar-refractivity contribution in [2.45, 2.75) is 25.7 Å². The van der Waals surface area contributed by atoms with Crippen LogP contribution >= 0.6 is 0 Å². The Morgan fingerprint density at radius 2 is 2.31 bits per heavy atom. The third-order valence-corrected chi connectivity index (χ3v) is 2.34. The smallest absolute Gasteiger partial charge is 0.304 e. The van der Waals surface area contributed by atoms with Crippen LogP contribution in [0.15, 0.2) is 22.7 Å². The summed E-state index contributed by atoms with van der Waals surface area (Å²) < 4.78 is 5.45. The van der Waals surface area contributed by atoms with Gasteiger partial charge in [0, 0.05) is 6.20 Å². The lowest BCUT2D eigenvalue weighted by Gasteiger charge is -2.16. The second-order valence-electron chi connectivity index (χ2n) is 4.30. The quantitative estimate of drug-likeness (QED) is 0.855. The van der Waals surface area contributed by atoms with Crippen molar-refractivity contribution in [1.82, 2.24) is 9.97 Å². The molecule has 1 N–H and O–H groups in total. The third kappa shape index (κ3) is 1.88. The van der Waals surface area contributed by atoms with Crippen LogP contribution in [-0.2, 0) is 10.2 Å². The van der Waals surface area contributed by atoms with Gasteiger partial charge in [-0.2, -0.15) is 0 Å². The molecule has 0 aliphatic carbocycles. The summed E-state index contributed by atoms with van der Waals surface area (Å²) in [6.45, 7) is 3.57. The van der Waals surface area contributed by atoms with Crippen LogP contribution < -0.4 is 0 Å². The standard InChI is InChI=1S/C11H12N2O3/c1-11(2,6-8(14)15)10-13-7-4-3-5-12-9(7)16-10/h3-5H,6H2,1-2H3,(H,14,15). The van der Waals surface area contributed by atoms with Gasteiger partial charge in [-0.25, -0.2) is 9.97 Å². The lowest BCUT2D eigenvalue weighted by molar-refractivity contribution is -0.138. The zero-order valence-corrected chi connectivity index (χ0v) is 9.10. The first-order valence-corrected chi connectivity index (χ1v) is 4.93. The largest absolute Gasteiger partial charge is 0.481 e. The van der Waals surface area contributed by atoms with E-state index in [4.69, 9.17) is 9.52 Å². The minimum atomic E-state index is -0.875. The maximum Gasteiger partial charge on any atom is 0.304 e. The van der Waals surface area contributed by atoms with Gasteiger partial charge < -0.3 is 9.52 Å². The predicted octanol–water partition coefficient (Wildman–Crippen LogP) is 1.98. The number of oxazole rings is 1. The van der Waals surface area contributed by atoms with Crippen molar-refractivity contribution in [3.8, 4) is 0 Å². The zero-order valence-electron chi connectivity index (χ0n) is 9.10. The van der Waals surface area contributed by atoms with E-state index in [9.17, 15) is 4.79 Å². The van der Waals surface area contributed by atoms with Crippen molar-refractivity contribution < 1.29 is 14.3 Å². The molecule has 0 unspecified atom stereocenters. The summed E-state index contributed by atoms with van der Waals surface area (Å²) in [5.74, 6) is -0.469. The van der Waals surface area contributed by atoms with Crippen LogP contribution in [0.5, 0.6) is 0 Å². The maximum atomic E-state index is 10.7. The first-order chi connectivity index (χ1) is 7.49. The SMILES string of the molecule is CC(C)(CC(=O)O)c1nc2cccnc2o1. The molecule has 5 heteroatoms. The molecular weight excluding hydrogens is 208 g/mol. The number of aromatic nitrogens is 2. The molecule has 0 saturated heterocycles. The van der Waals surface area contributed by atoms with E-state index in [2.05, 4.69) is 9.97 Å². The van der Waals surface area contributed by atoms with Gasteiger partial charge in [0.15, 0.2) is 0 Å². The summed E-state index contributed by atoms with van der Waals surface area (Å²) in [6.07, 6.45) is 1.58. The lowest BCUT2D eigenvalue weighted by atomic mass is 9.89. The first kappa shape index (κ1) is 10.6. The number of aliphatic carboxylic acids is 1. The van der Waals surface area contributed by atoms with Gasteiger partial charge in [0.05, 0.1) is 11.8 Å². The molecule has 16 heavy (non-hydrogen) atoms. The molecule has 0 atom stereocenters. The number of pyridine rings is 1. The molecule has 0 amide bonds. The Morgan fingerprint density at radius 1 is 1.56 bits per heavy atom. The molecule has 0 radical (unpaired) electrons. The highest BCUT2D eigenvalue weighted by molar-refractivity contribution is 5.70. The number of carboxylic acid groups (broad SMARTS) is 1. The molecular formula is C11H12N2O3. The predicted molar refractivity (Wildman–Crippen MR) is 57.1 cm³/mol. The molecule has 84 valence electrons. The van der Waals surface area contributed by atoms with Gasteiger partial charge in [-0.1, -0.05) is 13.8 Å². The number of hydrogen-bond acceptors (Lipinski definition) is 4. The summed E-state index contributed by atoms with van der Waals surface area (Å²) in [5.41, 5.74) is 0.457. The first-order valence-electron chi connectivity index (χ1n) is 4.93. The minimum Gasteiger partial charge on any atom is -0.481 e. The Morgan fingerprint density at radius 3 is 2.94 bits per heavy atom. The van der Waals surface area contributed by atoms with Gasteiger partial charge in [0.25, 0.3) is 0 Å². The van der Waals surface area contributed by atoms with E-state index >= 15 is 0 Å². The molecule has 0 bridgehead atoms. The minimum absolute atomic E-state index is 0.0280. The second-order valence-corrected chi connectivity index (χ2v) is 4.30. The topological polar surface area (TPSA) is 76.2 Å². The second kappa shape index (κ2) is 3.59. The van der Waals surface area contributed by atoms with Crippen molar-refractivity contribution in [3.63, 3.8) is 0 Å². The maximum absolute atomic E-state index is 10.7. The summed E-state index contributed by atoms with van der Waals surface area (Å²) in [6, 6.07) is 3.55. The van der Waals surface area contributed by atoms with Crippen LogP contribution in [0.25, 0.3) is 11.2 Å². The number of nitrogens with zero attached hydrogens (tertiary/aromatic N) is 2. The summed E-state index contributed by atoms with van der Waals surface area (Å²) in [5, 5.41) is 8.80. The molecule has 2 aromatic heterocycles. The van der Waals surface area contributed by atoms with Gasteiger partial charge in [-0.05, 0) is 12.1 Å². The van der Waals surface area contributed by atoms with Crippen molar-refractivity contribution >= 4 is 17.2 Å². The molecule has 2 rings (SSSR count). The van der Waals surface area contributed by atoms with Crippen LogP contribution in [0.1, 0.15) is 26.2 Å². The fraction of sp³-hybridized carbons (Fsp3) is 0.364. The average molecular weight is 220 g/mol. The molecule has 0 saturated carbocycles. The molecule has 0 aromatic carbocycles. The highest BCUT2D eigenvalue weighted by atomic mass is 16.4. The van der Waals surface area contributed by atoms with E-state index in [0.717, 1.165) is 0 Å². The number of fused-ring (bicyclic) bond motifs is 1. The van der Waals surface area contributed by atoms with Gasteiger partial charge >= 0.3 is 5.97 Å². The molecule has 2 aromatic rings. The molecule has 5 nitrogen and oxygen atoms in total. The van der Waals surface area contributed by atoms with Crippen LogP contribution in [0.4, 0.5) is 0 Å². The summed E-state index contributed by atoms with van der Waals surface area (Å²) >= 11 is 0. The van der Waals surface area contributed by atoms with Crippen molar-refractivity contribution in [3.05, 3.63) is 24.2 Å². The Hall–Kier alpha value is -1.91. The lowest BCUT2D eigenvalue weighted by Crippen LogP contribution is -2.21. The Labute approximate surface area is 92.1 Å². The van der Waals surface area contributed by atoms with E-state index < -0.39 is 11.4 Å². The van der Waals surface area contributed by atoms with E-state index in [-0.39, 0.29) is 6.42 Å². The monoisotopic (exact) mass is 220 g/mol. The molecule has 0 fully saturated rings. The number of carbonyl (C=O) groups is 1. The van der Waals surface area contributed by atoms with E-state index in [0.29, 0.717) is 17.1 Å². The van der Waals surface area contributed by atoms with E-state index in [1.165, 1.54) is 0 Å². The normalized spacial score (nSPS) is 11.9. The fourth-order valence-corrected chi connectivity index (χ4v) is 1.51. The summed E-state index contributed by atoms with van der Waals surface area (Å²) in [7, 11) is 0. The van der Waals surface area contributed by atoms with Crippen molar-refractivity contribution in [2.24, 2.45) is 0 Å². The summed E-state index contributed by atoms with van der Waals surface area (Å²) in [4.78, 5) is 19.0. The molecule has 2 heterocycles. The molecule has 0 aliphatic rings. The highest BCUT2D eigenvalue weighted by Crippen LogP contribution is 2.28. The fourth-order valence-electron chi connectivity index (χ4n) is 1.51. The van der Waals surface area contributed by atoms with E-state index in [1.807, 2.05) is 0 Å². The number of rotatable bonds is 3. The van der Waals surface area contributed by atoms with Crippen LogP contribution in [0, 0.1) is 0 Å². The highest BCUT2D eigenvalue weighted by Gasteiger charge is 2.29. The zero-order chi connectivity index (χ0) is 11.8. The molecule has 0 spiro atoms. The third-order valence-electron chi connectivity index (χ3n) is 2.34. The van der Waals surface area contributed by atoms with Gasteiger partial charge in [0.2, 0.25) is 11.6 Å². The number of hydrogen-bond donors (Lipinski definition) is 1. The van der Waals surface area contributed by atoms with Crippen LogP contribution in [0.3, 0.4) is 0 Å². The van der Waals surface area contributed by atoms with Crippen molar-refractivity contribution in [1.29, 1.82) is 0 Å². The Balaban J connectivity index is 2.43. The molecule has 0 aliphatic heterocycles. The van der Waals surface area contributed by atoms with E-state index in [1.54, 1.807) is 32.2 Å². The van der Waals surface area contributed by atoms with Gasteiger partial charge in [-0.3, -0.25) is 4.79 Å². The Bertz CT molecular complexity index is 498. The van der Waals surface area contributed by atoms with Gasteiger partial charge in [-0.15, -0.1) is 0 Å².